The van der Waals surface area contributed by atoms with E-state index in [9.17, 15) is 25.2 Å². The molecule has 0 aromatic heterocycles. The van der Waals surface area contributed by atoms with Crippen LogP contribution in [0.5, 0.6) is 23.0 Å². The third kappa shape index (κ3) is 4.59. The number of benzene rings is 2. The monoisotopic (exact) mass is 424 g/mol. The lowest BCUT2D eigenvalue weighted by Gasteiger charge is -2.31. The molecular weight excluding hydrogens is 396 g/mol. The predicted octanol–water partition coefficient (Wildman–Crippen LogP) is 4.50. The van der Waals surface area contributed by atoms with Gasteiger partial charge in [0, 0.05) is 11.1 Å². The SMILES string of the molecule is CC(C)=CCc1cc(C2Oc3c(ccc(O)c3CC=C(C)C)C(=O)C2O)cc(O)c1O. The minimum atomic E-state index is -1.49. The Morgan fingerprint density at radius 3 is 2.26 bits per heavy atom. The van der Waals surface area contributed by atoms with Gasteiger partial charge in [-0.3, -0.25) is 4.79 Å². The lowest BCUT2D eigenvalue weighted by Crippen LogP contribution is -2.36. The second-order valence-electron chi connectivity index (χ2n) is 8.31. The molecule has 1 aliphatic rings. The van der Waals surface area contributed by atoms with Gasteiger partial charge in [0.15, 0.2) is 29.5 Å². The number of carbonyl (C=O) groups excluding carboxylic acids is 1. The van der Waals surface area contributed by atoms with Crippen LogP contribution in [-0.4, -0.2) is 32.3 Å². The van der Waals surface area contributed by atoms with Crippen LogP contribution in [0.2, 0.25) is 0 Å². The van der Waals surface area contributed by atoms with Crippen LogP contribution in [0.15, 0.2) is 47.6 Å². The maximum atomic E-state index is 12.9. The van der Waals surface area contributed by atoms with Crippen molar-refractivity contribution in [1.29, 1.82) is 0 Å². The fourth-order valence-electron chi connectivity index (χ4n) is 3.52. The average Bonchev–Trinajstić information content (AvgIpc) is 2.70. The number of aromatic hydroxyl groups is 3. The van der Waals surface area contributed by atoms with E-state index in [1.54, 1.807) is 6.07 Å². The van der Waals surface area contributed by atoms with Gasteiger partial charge in [0.05, 0.1) is 5.56 Å². The van der Waals surface area contributed by atoms with Gasteiger partial charge < -0.3 is 25.2 Å². The summed E-state index contributed by atoms with van der Waals surface area (Å²) in [5.41, 5.74) is 3.55. The van der Waals surface area contributed by atoms with E-state index in [0.29, 0.717) is 29.5 Å². The molecule has 6 heteroatoms. The molecule has 2 aromatic rings. The second-order valence-corrected chi connectivity index (χ2v) is 8.31. The molecule has 2 aromatic carbocycles. The summed E-state index contributed by atoms with van der Waals surface area (Å²) in [6, 6.07) is 5.75. The average molecular weight is 424 g/mol. The topological polar surface area (TPSA) is 107 Å². The highest BCUT2D eigenvalue weighted by Gasteiger charge is 2.39. The highest BCUT2D eigenvalue weighted by atomic mass is 16.5. The maximum absolute atomic E-state index is 12.9. The number of rotatable bonds is 5. The van der Waals surface area contributed by atoms with Crippen molar-refractivity contribution in [3.05, 3.63) is 69.8 Å². The van der Waals surface area contributed by atoms with Crippen molar-refractivity contribution in [1.82, 2.24) is 0 Å². The molecule has 0 bridgehead atoms. The smallest absolute Gasteiger partial charge is 0.199 e. The number of carbonyl (C=O) groups is 1. The summed E-state index contributed by atoms with van der Waals surface area (Å²) in [6.07, 6.45) is 1.95. The van der Waals surface area contributed by atoms with Crippen molar-refractivity contribution >= 4 is 5.78 Å². The molecule has 4 N–H and O–H groups in total. The molecule has 0 radical (unpaired) electrons. The summed E-state index contributed by atoms with van der Waals surface area (Å²) in [5, 5.41) is 41.5. The van der Waals surface area contributed by atoms with Gasteiger partial charge in [0.1, 0.15) is 11.5 Å². The lowest BCUT2D eigenvalue weighted by atomic mass is 9.90. The summed E-state index contributed by atoms with van der Waals surface area (Å²) >= 11 is 0. The number of ketones is 1. The van der Waals surface area contributed by atoms with Gasteiger partial charge >= 0.3 is 0 Å². The van der Waals surface area contributed by atoms with Gasteiger partial charge in [0.25, 0.3) is 0 Å². The summed E-state index contributed by atoms with van der Waals surface area (Å²) in [7, 11) is 0. The van der Waals surface area contributed by atoms with Crippen molar-refractivity contribution < 1.29 is 30.0 Å². The molecule has 2 atom stereocenters. The van der Waals surface area contributed by atoms with Gasteiger partial charge in [0.2, 0.25) is 0 Å². The molecule has 0 spiro atoms. The van der Waals surface area contributed by atoms with Gasteiger partial charge in [-0.15, -0.1) is 0 Å². The van der Waals surface area contributed by atoms with E-state index >= 15 is 0 Å². The minimum Gasteiger partial charge on any atom is -0.508 e. The first-order valence-electron chi connectivity index (χ1n) is 10.1. The van der Waals surface area contributed by atoms with Crippen LogP contribution in [0, 0.1) is 0 Å². The number of phenolic OH excluding ortho intramolecular Hbond substituents is 3. The number of fused-ring (bicyclic) bond motifs is 1. The maximum Gasteiger partial charge on any atom is 0.199 e. The van der Waals surface area contributed by atoms with E-state index in [1.165, 1.54) is 18.2 Å². The van der Waals surface area contributed by atoms with E-state index in [2.05, 4.69) is 0 Å². The highest BCUT2D eigenvalue weighted by molar-refractivity contribution is 6.03. The third-order valence-electron chi connectivity index (χ3n) is 5.27. The number of hydrogen-bond donors (Lipinski definition) is 4. The predicted molar refractivity (Wildman–Crippen MR) is 118 cm³/mol. The Hall–Kier alpha value is -3.25. The molecule has 2 unspecified atom stereocenters. The molecule has 164 valence electrons. The van der Waals surface area contributed by atoms with Crippen molar-refractivity contribution in [3.63, 3.8) is 0 Å². The molecule has 0 aliphatic carbocycles. The first-order chi connectivity index (χ1) is 14.6. The van der Waals surface area contributed by atoms with Crippen molar-refractivity contribution in [2.24, 2.45) is 0 Å². The first kappa shape index (κ1) is 22.4. The van der Waals surface area contributed by atoms with Gasteiger partial charge in [-0.1, -0.05) is 23.3 Å². The van der Waals surface area contributed by atoms with Gasteiger partial charge in [-0.25, -0.2) is 0 Å². The lowest BCUT2D eigenvalue weighted by molar-refractivity contribution is 0.0210. The molecule has 3 rings (SSSR count). The zero-order valence-electron chi connectivity index (χ0n) is 18.1. The molecule has 0 fully saturated rings. The number of aliphatic hydroxyl groups is 1. The Balaban J connectivity index is 2.08. The number of hydrogen-bond acceptors (Lipinski definition) is 6. The highest BCUT2D eigenvalue weighted by Crippen LogP contribution is 2.43. The largest absolute Gasteiger partial charge is 0.508 e. The molecule has 6 nitrogen and oxygen atoms in total. The Bertz CT molecular complexity index is 1070. The molecule has 1 aliphatic heterocycles. The molecular formula is C25H28O6. The Labute approximate surface area is 181 Å². The van der Waals surface area contributed by atoms with Crippen LogP contribution in [0.4, 0.5) is 0 Å². The fourth-order valence-corrected chi connectivity index (χ4v) is 3.52. The van der Waals surface area contributed by atoms with E-state index in [4.69, 9.17) is 4.74 Å². The van der Waals surface area contributed by atoms with Crippen LogP contribution < -0.4 is 4.74 Å². The number of Topliss-reactive ketones (excluding diaryl/α,β-unsaturated/α-hetero) is 1. The van der Waals surface area contributed by atoms with Crippen molar-refractivity contribution in [2.75, 3.05) is 0 Å². The van der Waals surface area contributed by atoms with Crippen molar-refractivity contribution in [3.8, 4) is 23.0 Å². The summed E-state index contributed by atoms with van der Waals surface area (Å²) in [4.78, 5) is 12.9. The Kier molecular flexibility index (Phi) is 6.41. The first-order valence-corrected chi connectivity index (χ1v) is 10.1. The molecule has 0 saturated heterocycles. The summed E-state index contributed by atoms with van der Waals surface area (Å²) < 4.78 is 6.05. The Morgan fingerprint density at radius 1 is 0.968 bits per heavy atom. The van der Waals surface area contributed by atoms with Gasteiger partial charge in [-0.2, -0.15) is 0 Å². The van der Waals surface area contributed by atoms with Crippen molar-refractivity contribution in [2.45, 2.75) is 52.7 Å². The quantitative estimate of drug-likeness (QED) is 0.416. The third-order valence-corrected chi connectivity index (χ3v) is 5.27. The number of ether oxygens (including phenoxy) is 1. The second kappa shape index (κ2) is 8.86. The van der Waals surface area contributed by atoms with E-state index in [1.807, 2.05) is 39.8 Å². The molecule has 0 saturated carbocycles. The van der Waals surface area contributed by atoms with Gasteiger partial charge in [-0.05, 0) is 70.4 Å². The number of allylic oxidation sites excluding steroid dienone is 4. The summed E-state index contributed by atoms with van der Waals surface area (Å²) in [6.45, 7) is 7.70. The van der Waals surface area contributed by atoms with Crippen LogP contribution in [0.1, 0.15) is 60.8 Å². The van der Waals surface area contributed by atoms with Crippen LogP contribution >= 0.6 is 0 Å². The van der Waals surface area contributed by atoms with Crippen LogP contribution in [-0.2, 0) is 12.8 Å². The normalized spacial score (nSPS) is 17.5. The zero-order chi connectivity index (χ0) is 22.9. The number of phenols is 3. The van der Waals surface area contributed by atoms with E-state index < -0.39 is 18.0 Å². The zero-order valence-corrected chi connectivity index (χ0v) is 18.1. The van der Waals surface area contributed by atoms with Crippen LogP contribution in [0.25, 0.3) is 0 Å². The Morgan fingerprint density at radius 2 is 1.61 bits per heavy atom. The molecule has 0 amide bonds. The van der Waals surface area contributed by atoms with Crippen LogP contribution in [0.3, 0.4) is 0 Å². The van der Waals surface area contributed by atoms with E-state index in [0.717, 1.165) is 11.1 Å². The molecule has 31 heavy (non-hydrogen) atoms. The minimum absolute atomic E-state index is 0.00279. The standard InChI is InChI=1S/C25H28O6/c1-13(2)5-7-15-11-16(12-20(27)21(15)28)24-23(30)22(29)18-9-10-19(26)17(25(18)31-24)8-6-14(3)4/h5-6,9-12,23-24,26-28,30H,7-8H2,1-4H3. The fraction of sp³-hybridized carbons (Fsp3) is 0.320. The number of aliphatic hydroxyl groups excluding tert-OH is 1. The molecule has 1 heterocycles. The van der Waals surface area contributed by atoms with E-state index in [-0.39, 0.29) is 28.6 Å². The summed E-state index contributed by atoms with van der Waals surface area (Å²) in [5.74, 6) is -0.916.